The van der Waals surface area contributed by atoms with E-state index in [1.807, 2.05) is 5.43 Å². The molecule has 1 aliphatic rings. The summed E-state index contributed by atoms with van der Waals surface area (Å²) in [7, 11) is 0. The number of hydrazine groups is 1. The molecule has 15 heavy (non-hydrogen) atoms. The maximum atomic E-state index is 11.6. The molecule has 2 amide bonds. The molecule has 0 unspecified atom stereocenters. The molecule has 0 spiro atoms. The Bertz CT molecular complexity index is 268. The highest BCUT2D eigenvalue weighted by atomic mass is 16.6. The van der Waals surface area contributed by atoms with Gasteiger partial charge < -0.3 is 9.84 Å². The van der Waals surface area contributed by atoms with Crippen LogP contribution in [0.4, 0.5) is 9.59 Å². The highest BCUT2D eigenvalue weighted by Gasteiger charge is 2.36. The average molecular weight is 216 g/mol. The number of rotatable bonds is 1. The molecule has 0 aromatic rings. The molecule has 86 valence electrons. The molecule has 0 aromatic carbocycles. The summed E-state index contributed by atoms with van der Waals surface area (Å²) in [6, 6.07) is -0.0593. The first-order valence-corrected chi connectivity index (χ1v) is 4.81. The van der Waals surface area contributed by atoms with Crippen LogP contribution in [0.2, 0.25) is 0 Å². The fraction of sp³-hybridized carbons (Fsp3) is 0.778. The monoisotopic (exact) mass is 216 g/mol. The number of carboxylic acid groups (broad SMARTS) is 1. The van der Waals surface area contributed by atoms with Gasteiger partial charge in [0.2, 0.25) is 0 Å². The Balaban J connectivity index is 2.55. The summed E-state index contributed by atoms with van der Waals surface area (Å²) in [6.07, 6.45) is -0.292. The lowest BCUT2D eigenvalue weighted by atomic mass is 10.2. The van der Waals surface area contributed by atoms with Gasteiger partial charge >= 0.3 is 12.2 Å². The third-order valence-electron chi connectivity index (χ3n) is 1.72. The van der Waals surface area contributed by atoms with Crippen molar-refractivity contribution in [3.05, 3.63) is 0 Å². The zero-order valence-corrected chi connectivity index (χ0v) is 9.11. The van der Waals surface area contributed by atoms with E-state index in [1.165, 1.54) is 0 Å². The summed E-state index contributed by atoms with van der Waals surface area (Å²) in [5.41, 5.74) is 1.42. The summed E-state index contributed by atoms with van der Waals surface area (Å²) >= 11 is 0. The molecule has 1 aliphatic carbocycles. The van der Waals surface area contributed by atoms with Gasteiger partial charge in [-0.25, -0.2) is 20.0 Å². The van der Waals surface area contributed by atoms with Gasteiger partial charge in [0.1, 0.15) is 5.60 Å². The second-order valence-electron chi connectivity index (χ2n) is 4.50. The first-order chi connectivity index (χ1) is 6.79. The molecule has 6 heteroatoms. The first-order valence-electron chi connectivity index (χ1n) is 4.81. The van der Waals surface area contributed by atoms with Crippen molar-refractivity contribution in [3.8, 4) is 0 Å². The summed E-state index contributed by atoms with van der Waals surface area (Å²) in [6.45, 7) is 5.20. The van der Waals surface area contributed by atoms with Crippen LogP contribution in [0.1, 0.15) is 33.6 Å². The molecule has 0 aliphatic heterocycles. The highest BCUT2D eigenvalue weighted by molar-refractivity contribution is 5.73. The van der Waals surface area contributed by atoms with Crippen molar-refractivity contribution in [1.82, 2.24) is 10.4 Å². The molecule has 0 bridgehead atoms. The zero-order valence-electron chi connectivity index (χ0n) is 9.11. The number of amides is 2. The lowest BCUT2D eigenvalue weighted by Crippen LogP contribution is -2.49. The Morgan fingerprint density at radius 3 is 2.27 bits per heavy atom. The van der Waals surface area contributed by atoms with Crippen LogP contribution in [0.5, 0.6) is 0 Å². The second-order valence-corrected chi connectivity index (χ2v) is 4.50. The van der Waals surface area contributed by atoms with E-state index >= 15 is 0 Å². The van der Waals surface area contributed by atoms with Gasteiger partial charge in [0.05, 0.1) is 6.04 Å². The number of carbonyl (C=O) groups is 2. The Morgan fingerprint density at radius 2 is 1.93 bits per heavy atom. The third-order valence-corrected chi connectivity index (χ3v) is 1.72. The second kappa shape index (κ2) is 3.96. The minimum Gasteiger partial charge on any atom is -0.464 e. The maximum absolute atomic E-state index is 11.6. The summed E-state index contributed by atoms with van der Waals surface area (Å²) in [5, 5.41) is 9.58. The van der Waals surface area contributed by atoms with Crippen molar-refractivity contribution >= 4 is 12.2 Å². The smallest absolute Gasteiger partial charge is 0.429 e. The van der Waals surface area contributed by atoms with E-state index in [0.29, 0.717) is 0 Å². The van der Waals surface area contributed by atoms with E-state index in [-0.39, 0.29) is 6.04 Å². The fourth-order valence-electron chi connectivity index (χ4n) is 1.03. The van der Waals surface area contributed by atoms with E-state index in [1.54, 1.807) is 20.8 Å². The van der Waals surface area contributed by atoms with Crippen molar-refractivity contribution in [3.63, 3.8) is 0 Å². The summed E-state index contributed by atoms with van der Waals surface area (Å²) in [5.74, 6) is 0. The maximum Gasteiger partial charge on any atom is 0.429 e. The number of carbonyl (C=O) groups excluding carboxylic acids is 1. The SMILES string of the molecule is CC(C)(C)OC(=O)N(NC(=O)O)C1CC1. The number of nitrogens with one attached hydrogen (secondary N) is 1. The van der Waals surface area contributed by atoms with Crippen LogP contribution in [0.25, 0.3) is 0 Å². The van der Waals surface area contributed by atoms with Crippen LogP contribution in [-0.2, 0) is 4.74 Å². The van der Waals surface area contributed by atoms with Gasteiger partial charge in [-0.15, -0.1) is 0 Å². The van der Waals surface area contributed by atoms with Crippen molar-refractivity contribution in [1.29, 1.82) is 0 Å². The van der Waals surface area contributed by atoms with Crippen LogP contribution in [0.15, 0.2) is 0 Å². The largest absolute Gasteiger partial charge is 0.464 e. The number of hydrogen-bond donors (Lipinski definition) is 2. The topological polar surface area (TPSA) is 78.9 Å². The van der Waals surface area contributed by atoms with Gasteiger partial charge in [-0.3, -0.25) is 0 Å². The predicted molar refractivity (Wildman–Crippen MR) is 52.3 cm³/mol. The zero-order chi connectivity index (χ0) is 11.6. The van der Waals surface area contributed by atoms with E-state index in [9.17, 15) is 9.59 Å². The Hall–Kier alpha value is -1.46. The van der Waals surface area contributed by atoms with Gasteiger partial charge in [-0.2, -0.15) is 0 Å². The van der Waals surface area contributed by atoms with E-state index in [2.05, 4.69) is 0 Å². The number of nitrogens with zero attached hydrogens (tertiary/aromatic N) is 1. The minimum absolute atomic E-state index is 0.0593. The minimum atomic E-state index is -1.26. The van der Waals surface area contributed by atoms with Crippen molar-refractivity contribution in [2.45, 2.75) is 45.3 Å². The average Bonchev–Trinajstić information content (AvgIpc) is 2.78. The summed E-state index contributed by atoms with van der Waals surface area (Å²) < 4.78 is 5.06. The van der Waals surface area contributed by atoms with Crippen LogP contribution in [0.3, 0.4) is 0 Å². The van der Waals surface area contributed by atoms with Crippen molar-refractivity contribution < 1.29 is 19.4 Å². The van der Waals surface area contributed by atoms with Crippen molar-refractivity contribution in [2.75, 3.05) is 0 Å². The van der Waals surface area contributed by atoms with Crippen LogP contribution in [0, 0.1) is 0 Å². The molecule has 0 aromatic heterocycles. The van der Waals surface area contributed by atoms with Crippen LogP contribution < -0.4 is 5.43 Å². The van der Waals surface area contributed by atoms with Gasteiger partial charge in [0.15, 0.2) is 0 Å². The first kappa shape index (κ1) is 11.6. The molecule has 1 saturated carbocycles. The van der Waals surface area contributed by atoms with Gasteiger partial charge in [-0.05, 0) is 33.6 Å². The number of hydrogen-bond acceptors (Lipinski definition) is 3. The Kier molecular flexibility index (Phi) is 3.06. The molecule has 0 heterocycles. The van der Waals surface area contributed by atoms with Gasteiger partial charge in [-0.1, -0.05) is 0 Å². The summed E-state index contributed by atoms with van der Waals surface area (Å²) in [4.78, 5) is 22.0. The molecule has 2 N–H and O–H groups in total. The molecule has 0 radical (unpaired) electrons. The predicted octanol–water partition coefficient (Wildman–Crippen LogP) is 1.57. The lowest BCUT2D eigenvalue weighted by Gasteiger charge is -2.26. The van der Waals surface area contributed by atoms with E-state index < -0.39 is 17.8 Å². The van der Waals surface area contributed by atoms with E-state index in [0.717, 1.165) is 17.9 Å². The third kappa shape index (κ3) is 4.05. The van der Waals surface area contributed by atoms with E-state index in [4.69, 9.17) is 9.84 Å². The molecule has 1 rings (SSSR count). The lowest BCUT2D eigenvalue weighted by molar-refractivity contribution is 0.0122. The van der Waals surface area contributed by atoms with Crippen molar-refractivity contribution in [2.24, 2.45) is 0 Å². The fourth-order valence-corrected chi connectivity index (χ4v) is 1.03. The quantitative estimate of drug-likeness (QED) is 0.652. The molecule has 6 nitrogen and oxygen atoms in total. The highest BCUT2D eigenvalue weighted by Crippen LogP contribution is 2.26. The number of ether oxygens (including phenoxy) is 1. The molecule has 0 atom stereocenters. The standard InChI is InChI=1S/C9H16N2O4/c1-9(2,3)15-8(14)11(6-4-5-6)10-7(12)13/h6,10H,4-5H2,1-3H3,(H,12,13). The van der Waals surface area contributed by atoms with Crippen LogP contribution >= 0.6 is 0 Å². The Labute approximate surface area is 88.2 Å². The van der Waals surface area contributed by atoms with Gasteiger partial charge in [0, 0.05) is 0 Å². The van der Waals surface area contributed by atoms with Gasteiger partial charge in [0.25, 0.3) is 0 Å². The Morgan fingerprint density at radius 1 is 1.40 bits per heavy atom. The molecule has 1 fully saturated rings. The molecular formula is C9H16N2O4. The molecule has 0 saturated heterocycles. The molecular weight excluding hydrogens is 200 g/mol. The van der Waals surface area contributed by atoms with Crippen LogP contribution in [-0.4, -0.2) is 33.9 Å². The normalized spacial score (nSPS) is 15.7.